The van der Waals surface area contributed by atoms with E-state index in [9.17, 15) is 0 Å². The van der Waals surface area contributed by atoms with Crippen LogP contribution in [-0.2, 0) is 4.74 Å². The fourth-order valence-corrected chi connectivity index (χ4v) is 1.82. The third-order valence-corrected chi connectivity index (χ3v) is 2.83. The third-order valence-electron chi connectivity index (χ3n) is 2.83. The van der Waals surface area contributed by atoms with Crippen LogP contribution in [0.4, 0.5) is 0 Å². The Bertz CT molecular complexity index is 187. The van der Waals surface area contributed by atoms with Crippen LogP contribution in [0.1, 0.15) is 20.3 Å². The van der Waals surface area contributed by atoms with Crippen molar-refractivity contribution in [1.82, 2.24) is 4.90 Å². The lowest BCUT2D eigenvalue weighted by molar-refractivity contribution is -0.0862. The maximum atomic E-state index is 5.55. The molecule has 3 nitrogen and oxygen atoms in total. The normalized spacial score (nSPS) is 23.9. The fourth-order valence-electron chi connectivity index (χ4n) is 1.82. The Labute approximate surface area is 80.5 Å². The number of hydrogen-bond acceptors (Lipinski definition) is 3. The van der Waals surface area contributed by atoms with Gasteiger partial charge in [0, 0.05) is 12.2 Å². The molecule has 2 aliphatic heterocycles. The van der Waals surface area contributed by atoms with Crippen LogP contribution >= 0.6 is 0 Å². The quantitative estimate of drug-likeness (QED) is 0.664. The molecule has 0 saturated carbocycles. The first-order valence-electron chi connectivity index (χ1n) is 5.01. The van der Waals surface area contributed by atoms with Gasteiger partial charge < -0.3 is 15.4 Å². The molecule has 0 bridgehead atoms. The van der Waals surface area contributed by atoms with Crippen molar-refractivity contribution in [3.05, 3.63) is 12.3 Å². The van der Waals surface area contributed by atoms with Crippen molar-refractivity contribution in [2.75, 3.05) is 26.4 Å². The molecule has 0 atom stereocenters. The zero-order valence-electron chi connectivity index (χ0n) is 8.68. The molecular formula is C10H20N2O. The second kappa shape index (κ2) is 4.11. The van der Waals surface area contributed by atoms with Gasteiger partial charge >= 0.3 is 0 Å². The summed E-state index contributed by atoms with van der Waals surface area (Å²) < 4.78 is 5.19. The Kier molecular flexibility index (Phi) is 3.33. The largest absolute Gasteiger partial charge is 0.379 e. The molecule has 2 rings (SSSR count). The monoisotopic (exact) mass is 184 g/mol. The molecule has 2 N–H and O–H groups in total. The standard InChI is InChI=1S/C8H14N2O.C2H6/c1-7-8(4-11-5-8)2-3-10(7)6-9;1-2/h1-6,9H2;1-2H3. The number of ether oxygens (including phenoxy) is 1. The Morgan fingerprint density at radius 1 is 1.54 bits per heavy atom. The van der Waals surface area contributed by atoms with Gasteiger partial charge in [0.1, 0.15) is 0 Å². The van der Waals surface area contributed by atoms with Gasteiger partial charge in [0.25, 0.3) is 0 Å². The number of hydrogen-bond donors (Lipinski definition) is 1. The minimum atomic E-state index is 0.277. The van der Waals surface area contributed by atoms with Gasteiger partial charge in [-0.05, 0) is 6.42 Å². The van der Waals surface area contributed by atoms with Gasteiger partial charge in [-0.15, -0.1) is 0 Å². The zero-order valence-corrected chi connectivity index (χ0v) is 8.68. The highest BCUT2D eigenvalue weighted by molar-refractivity contribution is 5.18. The van der Waals surface area contributed by atoms with Crippen molar-refractivity contribution in [2.24, 2.45) is 11.1 Å². The van der Waals surface area contributed by atoms with Crippen molar-refractivity contribution in [2.45, 2.75) is 20.3 Å². The van der Waals surface area contributed by atoms with Gasteiger partial charge in [-0.2, -0.15) is 0 Å². The molecule has 0 radical (unpaired) electrons. The molecule has 2 heterocycles. The van der Waals surface area contributed by atoms with E-state index in [1.807, 2.05) is 13.8 Å². The number of nitrogens with two attached hydrogens (primary N) is 1. The number of likely N-dealkylation sites (tertiary alicyclic amines) is 1. The molecule has 2 aliphatic rings. The predicted octanol–water partition coefficient (Wildman–Crippen LogP) is 1.16. The van der Waals surface area contributed by atoms with Crippen LogP contribution in [0.2, 0.25) is 0 Å². The van der Waals surface area contributed by atoms with E-state index in [-0.39, 0.29) is 5.41 Å². The summed E-state index contributed by atoms with van der Waals surface area (Å²) in [6.45, 7) is 11.4. The van der Waals surface area contributed by atoms with Gasteiger partial charge in [0.05, 0.1) is 25.3 Å². The molecule has 0 aliphatic carbocycles. The average Bonchev–Trinajstić information content (AvgIpc) is 2.45. The average molecular weight is 184 g/mol. The molecule has 0 unspecified atom stereocenters. The minimum absolute atomic E-state index is 0.277. The van der Waals surface area contributed by atoms with Crippen molar-refractivity contribution >= 4 is 0 Å². The SMILES string of the molecule is C=C1N(CN)CCC12COC2.CC. The van der Waals surface area contributed by atoms with Crippen LogP contribution in [0.15, 0.2) is 12.3 Å². The van der Waals surface area contributed by atoms with Crippen molar-refractivity contribution in [1.29, 1.82) is 0 Å². The zero-order chi connectivity index (χ0) is 9.90. The van der Waals surface area contributed by atoms with E-state index < -0.39 is 0 Å². The summed E-state index contributed by atoms with van der Waals surface area (Å²) in [4.78, 5) is 2.14. The van der Waals surface area contributed by atoms with Gasteiger partial charge in [0.15, 0.2) is 0 Å². The molecule has 76 valence electrons. The van der Waals surface area contributed by atoms with Gasteiger partial charge in [-0.1, -0.05) is 20.4 Å². The van der Waals surface area contributed by atoms with E-state index in [0.717, 1.165) is 19.8 Å². The highest BCUT2D eigenvalue weighted by Crippen LogP contribution is 2.44. The molecule has 3 heteroatoms. The van der Waals surface area contributed by atoms with E-state index in [1.165, 1.54) is 12.1 Å². The highest BCUT2D eigenvalue weighted by Gasteiger charge is 2.47. The first kappa shape index (κ1) is 10.5. The second-order valence-corrected chi connectivity index (χ2v) is 3.42. The molecule has 13 heavy (non-hydrogen) atoms. The van der Waals surface area contributed by atoms with Crippen LogP contribution in [-0.4, -0.2) is 31.3 Å². The van der Waals surface area contributed by atoms with Gasteiger partial charge in [0.2, 0.25) is 0 Å². The lowest BCUT2D eigenvalue weighted by atomic mass is 9.83. The Balaban J connectivity index is 0.000000396. The number of nitrogens with zero attached hydrogens (tertiary/aromatic N) is 1. The van der Waals surface area contributed by atoms with Crippen LogP contribution in [0.25, 0.3) is 0 Å². The molecule has 0 aromatic rings. The van der Waals surface area contributed by atoms with Gasteiger partial charge in [-0.25, -0.2) is 0 Å². The summed E-state index contributed by atoms with van der Waals surface area (Å²) in [5, 5.41) is 0. The van der Waals surface area contributed by atoms with Crippen molar-refractivity contribution < 1.29 is 4.74 Å². The lowest BCUT2D eigenvalue weighted by Gasteiger charge is -2.39. The Morgan fingerprint density at radius 2 is 2.15 bits per heavy atom. The lowest BCUT2D eigenvalue weighted by Crippen LogP contribution is -2.43. The molecule has 2 fully saturated rings. The highest BCUT2D eigenvalue weighted by atomic mass is 16.5. The van der Waals surface area contributed by atoms with Crippen LogP contribution in [0, 0.1) is 5.41 Å². The molecule has 0 aromatic carbocycles. The van der Waals surface area contributed by atoms with E-state index in [0.29, 0.717) is 6.67 Å². The van der Waals surface area contributed by atoms with E-state index in [4.69, 9.17) is 10.5 Å². The first-order valence-corrected chi connectivity index (χ1v) is 5.01. The van der Waals surface area contributed by atoms with E-state index in [2.05, 4.69) is 11.5 Å². The number of rotatable bonds is 1. The van der Waals surface area contributed by atoms with Gasteiger partial charge in [-0.3, -0.25) is 0 Å². The topological polar surface area (TPSA) is 38.5 Å². The maximum Gasteiger partial charge on any atom is 0.0654 e. The smallest absolute Gasteiger partial charge is 0.0654 e. The summed E-state index contributed by atoms with van der Waals surface area (Å²) in [5.74, 6) is 0. The molecule has 1 spiro atoms. The molecule has 0 amide bonds. The summed E-state index contributed by atoms with van der Waals surface area (Å²) in [7, 11) is 0. The van der Waals surface area contributed by atoms with Crippen molar-refractivity contribution in [3.8, 4) is 0 Å². The minimum Gasteiger partial charge on any atom is -0.379 e. The van der Waals surface area contributed by atoms with Crippen LogP contribution in [0.3, 0.4) is 0 Å². The first-order chi connectivity index (χ1) is 6.28. The summed E-state index contributed by atoms with van der Waals surface area (Å²) >= 11 is 0. The second-order valence-electron chi connectivity index (χ2n) is 3.42. The summed E-state index contributed by atoms with van der Waals surface area (Å²) in [6.07, 6.45) is 1.17. The third kappa shape index (κ3) is 1.58. The van der Waals surface area contributed by atoms with Crippen molar-refractivity contribution in [3.63, 3.8) is 0 Å². The summed E-state index contributed by atoms with van der Waals surface area (Å²) in [6, 6.07) is 0. The Hall–Kier alpha value is -0.540. The predicted molar refractivity (Wildman–Crippen MR) is 54.1 cm³/mol. The fraction of sp³-hybridized carbons (Fsp3) is 0.800. The van der Waals surface area contributed by atoms with Crippen LogP contribution in [0.5, 0.6) is 0 Å². The molecule has 2 saturated heterocycles. The van der Waals surface area contributed by atoms with E-state index >= 15 is 0 Å². The van der Waals surface area contributed by atoms with E-state index in [1.54, 1.807) is 0 Å². The maximum absolute atomic E-state index is 5.55. The summed E-state index contributed by atoms with van der Waals surface area (Å²) in [5.41, 5.74) is 7.01. The molecule has 0 aromatic heterocycles. The molecular weight excluding hydrogens is 164 g/mol. The Morgan fingerprint density at radius 3 is 2.38 bits per heavy atom. The van der Waals surface area contributed by atoms with Crippen LogP contribution < -0.4 is 5.73 Å².